The summed E-state index contributed by atoms with van der Waals surface area (Å²) in [5.74, 6) is 0.947. The molecule has 0 heterocycles. The Bertz CT molecular complexity index is 1060. The van der Waals surface area contributed by atoms with Crippen molar-refractivity contribution in [2.45, 2.75) is 13.5 Å². The molecule has 0 spiro atoms. The zero-order chi connectivity index (χ0) is 21.5. The lowest BCUT2D eigenvalue weighted by molar-refractivity contribution is -0.111. The second kappa shape index (κ2) is 10.2. The maximum Gasteiger partial charge on any atom is 0.248 e. The number of hydrogen-bond donors (Lipinski definition) is 1. The lowest BCUT2D eigenvalue weighted by Crippen LogP contribution is -2.08. The Hall–Kier alpha value is -2.95. The largest absolute Gasteiger partial charge is 0.493 e. The number of methoxy groups -OCH3 is 1. The van der Waals surface area contributed by atoms with Crippen molar-refractivity contribution in [2.24, 2.45) is 0 Å². The van der Waals surface area contributed by atoms with Gasteiger partial charge in [0.05, 0.1) is 7.11 Å². The number of anilines is 1. The second-order valence-corrected chi connectivity index (χ2v) is 7.48. The van der Waals surface area contributed by atoms with Crippen LogP contribution in [0.2, 0.25) is 10.0 Å². The van der Waals surface area contributed by atoms with E-state index >= 15 is 0 Å². The first-order valence-electron chi connectivity index (χ1n) is 9.25. The zero-order valence-electron chi connectivity index (χ0n) is 16.6. The van der Waals surface area contributed by atoms with Crippen LogP contribution in [-0.2, 0) is 11.4 Å². The Labute approximate surface area is 186 Å². The second-order valence-electron chi connectivity index (χ2n) is 6.61. The van der Waals surface area contributed by atoms with E-state index in [2.05, 4.69) is 5.32 Å². The van der Waals surface area contributed by atoms with Crippen LogP contribution >= 0.6 is 23.2 Å². The van der Waals surface area contributed by atoms with Gasteiger partial charge in [0, 0.05) is 21.8 Å². The van der Waals surface area contributed by atoms with Crippen LogP contribution in [0.25, 0.3) is 6.08 Å². The van der Waals surface area contributed by atoms with Gasteiger partial charge in [-0.1, -0.05) is 47.5 Å². The van der Waals surface area contributed by atoms with E-state index in [9.17, 15) is 4.79 Å². The maximum atomic E-state index is 12.2. The topological polar surface area (TPSA) is 47.6 Å². The van der Waals surface area contributed by atoms with Crippen molar-refractivity contribution in [1.29, 1.82) is 0 Å². The van der Waals surface area contributed by atoms with Gasteiger partial charge in [-0.3, -0.25) is 4.79 Å². The molecule has 3 aromatic rings. The molecular weight excluding hydrogens is 421 g/mol. The number of nitrogens with one attached hydrogen (secondary N) is 1. The third-order valence-electron chi connectivity index (χ3n) is 4.38. The Morgan fingerprint density at radius 2 is 1.70 bits per heavy atom. The molecule has 0 radical (unpaired) electrons. The fraction of sp³-hybridized carbons (Fsp3) is 0.125. The van der Waals surface area contributed by atoms with E-state index in [1.807, 2.05) is 55.5 Å². The van der Waals surface area contributed by atoms with Crippen LogP contribution in [0.1, 0.15) is 16.7 Å². The summed E-state index contributed by atoms with van der Waals surface area (Å²) >= 11 is 11.9. The van der Waals surface area contributed by atoms with Crippen LogP contribution in [-0.4, -0.2) is 13.0 Å². The van der Waals surface area contributed by atoms with Gasteiger partial charge >= 0.3 is 0 Å². The molecule has 0 saturated heterocycles. The highest BCUT2D eigenvalue weighted by Crippen LogP contribution is 2.29. The van der Waals surface area contributed by atoms with Gasteiger partial charge in [0.1, 0.15) is 6.61 Å². The number of hydrogen-bond acceptors (Lipinski definition) is 3. The molecule has 154 valence electrons. The summed E-state index contributed by atoms with van der Waals surface area (Å²) in [6.45, 7) is 2.30. The molecule has 0 atom stereocenters. The molecule has 6 heteroatoms. The fourth-order valence-corrected chi connectivity index (χ4v) is 3.02. The van der Waals surface area contributed by atoms with Gasteiger partial charge in [-0.2, -0.15) is 0 Å². The summed E-state index contributed by atoms with van der Waals surface area (Å²) < 4.78 is 11.3. The first-order chi connectivity index (χ1) is 14.4. The summed E-state index contributed by atoms with van der Waals surface area (Å²) in [5.41, 5.74) is 3.42. The van der Waals surface area contributed by atoms with Crippen molar-refractivity contribution >= 4 is 40.9 Å². The highest BCUT2D eigenvalue weighted by molar-refractivity contribution is 6.31. The monoisotopic (exact) mass is 441 g/mol. The Morgan fingerprint density at radius 3 is 2.43 bits per heavy atom. The number of benzene rings is 3. The molecule has 0 saturated carbocycles. The van der Waals surface area contributed by atoms with E-state index < -0.39 is 0 Å². The standard InChI is InChI=1S/C24H21Cl2NO3/c1-16-3-8-20(26)14-21(16)27-24(28)12-7-17-6-11-22(23(13-17)29-2)30-15-18-4-9-19(25)10-5-18/h3-14H,15H2,1-2H3,(H,27,28)/b12-7+. The Balaban J connectivity index is 1.65. The van der Waals surface area contributed by atoms with E-state index in [-0.39, 0.29) is 5.91 Å². The minimum atomic E-state index is -0.248. The molecule has 4 nitrogen and oxygen atoms in total. The highest BCUT2D eigenvalue weighted by Gasteiger charge is 2.07. The molecule has 0 aliphatic heterocycles. The van der Waals surface area contributed by atoms with Crippen molar-refractivity contribution in [1.82, 2.24) is 0 Å². The van der Waals surface area contributed by atoms with Gasteiger partial charge in [-0.05, 0) is 66.1 Å². The predicted octanol–water partition coefficient (Wildman–Crippen LogP) is 6.54. The highest BCUT2D eigenvalue weighted by atomic mass is 35.5. The number of carbonyl (C=O) groups is 1. The Morgan fingerprint density at radius 1 is 0.967 bits per heavy atom. The van der Waals surface area contributed by atoms with Gasteiger partial charge in [-0.25, -0.2) is 0 Å². The van der Waals surface area contributed by atoms with E-state index in [4.69, 9.17) is 32.7 Å². The van der Waals surface area contributed by atoms with E-state index in [0.717, 1.165) is 16.7 Å². The van der Waals surface area contributed by atoms with Crippen molar-refractivity contribution in [3.05, 3.63) is 93.5 Å². The van der Waals surface area contributed by atoms with Crippen molar-refractivity contribution in [2.75, 3.05) is 12.4 Å². The number of halogens is 2. The molecule has 0 aliphatic carbocycles. The number of amides is 1. The van der Waals surface area contributed by atoms with Gasteiger partial charge < -0.3 is 14.8 Å². The molecular formula is C24H21Cl2NO3. The van der Waals surface area contributed by atoms with E-state index in [1.54, 1.807) is 25.3 Å². The molecule has 0 aromatic heterocycles. The minimum Gasteiger partial charge on any atom is -0.493 e. The predicted molar refractivity (Wildman–Crippen MR) is 123 cm³/mol. The minimum absolute atomic E-state index is 0.248. The number of rotatable bonds is 7. The van der Waals surface area contributed by atoms with Gasteiger partial charge in [0.15, 0.2) is 11.5 Å². The number of aryl methyl sites for hydroxylation is 1. The van der Waals surface area contributed by atoms with E-state index in [1.165, 1.54) is 6.08 Å². The molecule has 1 amide bonds. The van der Waals surface area contributed by atoms with Crippen LogP contribution in [0.4, 0.5) is 5.69 Å². The molecule has 3 rings (SSSR count). The quantitative estimate of drug-likeness (QED) is 0.423. The molecule has 0 aliphatic rings. The van der Waals surface area contributed by atoms with Crippen molar-refractivity contribution in [3.8, 4) is 11.5 Å². The summed E-state index contributed by atoms with van der Waals surface area (Å²) in [7, 11) is 1.58. The Kier molecular flexibility index (Phi) is 7.39. The summed E-state index contributed by atoms with van der Waals surface area (Å²) in [5, 5.41) is 4.08. The van der Waals surface area contributed by atoms with Crippen LogP contribution < -0.4 is 14.8 Å². The van der Waals surface area contributed by atoms with Gasteiger partial charge in [-0.15, -0.1) is 0 Å². The zero-order valence-corrected chi connectivity index (χ0v) is 18.1. The molecule has 0 unspecified atom stereocenters. The van der Waals surface area contributed by atoms with Gasteiger partial charge in [0.2, 0.25) is 5.91 Å². The molecule has 0 bridgehead atoms. The average molecular weight is 442 g/mol. The number of carbonyl (C=O) groups excluding carboxylic acids is 1. The normalized spacial score (nSPS) is 10.8. The number of ether oxygens (including phenoxy) is 2. The third kappa shape index (κ3) is 6.02. The van der Waals surface area contributed by atoms with Crippen LogP contribution in [0.5, 0.6) is 11.5 Å². The smallest absolute Gasteiger partial charge is 0.248 e. The summed E-state index contributed by atoms with van der Waals surface area (Å²) in [6.07, 6.45) is 3.17. The van der Waals surface area contributed by atoms with Crippen molar-refractivity contribution in [3.63, 3.8) is 0 Å². The van der Waals surface area contributed by atoms with E-state index in [0.29, 0.717) is 33.8 Å². The van der Waals surface area contributed by atoms with Crippen LogP contribution in [0.15, 0.2) is 66.7 Å². The molecule has 0 fully saturated rings. The molecule has 1 N–H and O–H groups in total. The average Bonchev–Trinajstić information content (AvgIpc) is 2.74. The van der Waals surface area contributed by atoms with Crippen LogP contribution in [0, 0.1) is 6.92 Å². The lowest BCUT2D eigenvalue weighted by atomic mass is 10.1. The maximum absolute atomic E-state index is 12.2. The SMILES string of the molecule is COc1cc(/C=C/C(=O)Nc2cc(Cl)ccc2C)ccc1OCc1ccc(Cl)cc1. The summed E-state index contributed by atoms with van der Waals surface area (Å²) in [6, 6.07) is 18.3. The fourth-order valence-electron chi connectivity index (χ4n) is 2.72. The molecule has 30 heavy (non-hydrogen) atoms. The summed E-state index contributed by atoms with van der Waals surface area (Å²) in [4.78, 5) is 12.2. The van der Waals surface area contributed by atoms with Crippen molar-refractivity contribution < 1.29 is 14.3 Å². The third-order valence-corrected chi connectivity index (χ3v) is 4.87. The van der Waals surface area contributed by atoms with Crippen LogP contribution in [0.3, 0.4) is 0 Å². The lowest BCUT2D eigenvalue weighted by Gasteiger charge is -2.11. The first kappa shape index (κ1) is 21.8. The van der Waals surface area contributed by atoms with Gasteiger partial charge in [0.25, 0.3) is 0 Å². The first-order valence-corrected chi connectivity index (χ1v) is 10.0. The molecule has 3 aromatic carbocycles.